The van der Waals surface area contributed by atoms with Crippen molar-refractivity contribution in [2.24, 2.45) is 0 Å². The number of aromatic hydroxyl groups is 1. The number of rotatable bonds is 2. The van der Waals surface area contributed by atoms with Gasteiger partial charge in [0.1, 0.15) is 5.75 Å². The molecule has 7 heteroatoms. The first-order valence-electron chi connectivity index (χ1n) is 5.83. The normalized spacial score (nSPS) is 10.0. The first kappa shape index (κ1) is 15.2. The van der Waals surface area contributed by atoms with Crippen molar-refractivity contribution in [1.82, 2.24) is 0 Å². The van der Waals surface area contributed by atoms with Gasteiger partial charge in [-0.05, 0) is 30.3 Å². The van der Waals surface area contributed by atoms with Crippen LogP contribution in [0.5, 0.6) is 5.75 Å². The fourth-order valence-electron chi connectivity index (χ4n) is 1.53. The molecule has 2 amide bonds. The van der Waals surface area contributed by atoms with Gasteiger partial charge in [0, 0.05) is 5.02 Å². The zero-order chi connectivity index (χ0) is 15.4. The molecule has 2 aromatic carbocycles. The molecule has 0 aliphatic heterocycles. The van der Waals surface area contributed by atoms with Gasteiger partial charge in [-0.2, -0.15) is 0 Å². The summed E-state index contributed by atoms with van der Waals surface area (Å²) in [5.41, 5.74) is 0.358. The van der Waals surface area contributed by atoms with Crippen molar-refractivity contribution in [1.29, 1.82) is 0 Å². The molecule has 0 fully saturated rings. The molecule has 0 spiro atoms. The topological polar surface area (TPSA) is 78.4 Å². The van der Waals surface area contributed by atoms with Crippen LogP contribution in [0.3, 0.4) is 0 Å². The number of hydrogen-bond donors (Lipinski definition) is 3. The molecule has 0 saturated carbocycles. The van der Waals surface area contributed by atoms with E-state index in [2.05, 4.69) is 10.6 Å². The minimum Gasteiger partial charge on any atom is -0.506 e. The Hall–Kier alpha value is -2.24. The maximum atomic E-state index is 11.8. The molecule has 0 aromatic heterocycles. The Kier molecular flexibility index (Phi) is 4.67. The Balaban J connectivity index is 2.08. The summed E-state index contributed by atoms with van der Waals surface area (Å²) in [4.78, 5) is 23.5. The van der Waals surface area contributed by atoms with E-state index in [1.165, 1.54) is 24.3 Å². The lowest BCUT2D eigenvalue weighted by atomic mass is 10.3. The van der Waals surface area contributed by atoms with Crippen LogP contribution in [0.2, 0.25) is 10.0 Å². The molecule has 0 heterocycles. The van der Waals surface area contributed by atoms with Crippen LogP contribution < -0.4 is 10.6 Å². The predicted molar refractivity (Wildman–Crippen MR) is 81.8 cm³/mol. The van der Waals surface area contributed by atoms with E-state index in [4.69, 9.17) is 23.2 Å². The zero-order valence-corrected chi connectivity index (χ0v) is 12.1. The number of para-hydroxylation sites is 2. The fourth-order valence-corrected chi connectivity index (χ4v) is 1.87. The first-order valence-corrected chi connectivity index (χ1v) is 6.58. The Morgan fingerprint density at radius 3 is 2.19 bits per heavy atom. The van der Waals surface area contributed by atoms with Gasteiger partial charge in [0.2, 0.25) is 0 Å². The lowest BCUT2D eigenvalue weighted by molar-refractivity contribution is -0.133. The predicted octanol–water partition coefficient (Wildman–Crippen LogP) is 3.28. The highest BCUT2D eigenvalue weighted by molar-refractivity contribution is 6.45. The summed E-state index contributed by atoms with van der Waals surface area (Å²) in [5, 5.41) is 14.8. The molecular weight excluding hydrogens is 315 g/mol. The molecule has 0 atom stereocenters. The standard InChI is InChI=1S/C14H10Cl2N2O3/c15-8-5-6-9(16)11(7-8)18-14(21)13(20)17-10-3-1-2-4-12(10)19/h1-7,19H,(H,17,20)(H,18,21). The second kappa shape index (κ2) is 6.47. The van der Waals surface area contributed by atoms with E-state index >= 15 is 0 Å². The summed E-state index contributed by atoms with van der Waals surface area (Å²) in [7, 11) is 0. The monoisotopic (exact) mass is 324 g/mol. The van der Waals surface area contributed by atoms with Crippen molar-refractivity contribution in [3.63, 3.8) is 0 Å². The number of halogens is 2. The molecule has 0 bridgehead atoms. The van der Waals surface area contributed by atoms with Crippen molar-refractivity contribution in [2.75, 3.05) is 10.6 Å². The molecular formula is C14H10Cl2N2O3. The minimum atomic E-state index is -0.937. The van der Waals surface area contributed by atoms with Gasteiger partial charge in [0.25, 0.3) is 0 Å². The molecule has 2 rings (SSSR count). The number of benzene rings is 2. The van der Waals surface area contributed by atoms with Gasteiger partial charge in [-0.3, -0.25) is 9.59 Å². The Morgan fingerprint density at radius 1 is 0.905 bits per heavy atom. The zero-order valence-electron chi connectivity index (χ0n) is 10.6. The van der Waals surface area contributed by atoms with Gasteiger partial charge >= 0.3 is 11.8 Å². The summed E-state index contributed by atoms with van der Waals surface area (Å²) >= 11 is 11.7. The highest BCUT2D eigenvalue weighted by atomic mass is 35.5. The molecule has 0 aliphatic rings. The number of nitrogens with one attached hydrogen (secondary N) is 2. The van der Waals surface area contributed by atoms with E-state index in [0.717, 1.165) is 0 Å². The van der Waals surface area contributed by atoms with Crippen molar-refractivity contribution in [3.8, 4) is 5.75 Å². The molecule has 0 aliphatic carbocycles. The number of hydrogen-bond acceptors (Lipinski definition) is 3. The van der Waals surface area contributed by atoms with Crippen molar-refractivity contribution >= 4 is 46.4 Å². The van der Waals surface area contributed by atoms with Crippen LogP contribution in [0.25, 0.3) is 0 Å². The first-order chi connectivity index (χ1) is 9.97. The SMILES string of the molecule is O=C(Nc1ccccc1O)C(=O)Nc1cc(Cl)ccc1Cl. The summed E-state index contributed by atoms with van der Waals surface area (Å²) in [5.74, 6) is -2.01. The van der Waals surface area contributed by atoms with Gasteiger partial charge < -0.3 is 15.7 Å². The largest absolute Gasteiger partial charge is 0.506 e. The van der Waals surface area contributed by atoms with E-state index in [-0.39, 0.29) is 22.1 Å². The third-order valence-electron chi connectivity index (χ3n) is 2.54. The highest BCUT2D eigenvalue weighted by Crippen LogP contribution is 2.25. The summed E-state index contributed by atoms with van der Waals surface area (Å²) in [6, 6.07) is 10.5. The Morgan fingerprint density at radius 2 is 1.52 bits per heavy atom. The van der Waals surface area contributed by atoms with E-state index in [1.807, 2.05) is 0 Å². The number of amides is 2. The van der Waals surface area contributed by atoms with Crippen LogP contribution in [-0.2, 0) is 9.59 Å². The molecule has 0 saturated heterocycles. The minimum absolute atomic E-state index is 0.134. The van der Waals surface area contributed by atoms with E-state index in [1.54, 1.807) is 18.2 Å². The van der Waals surface area contributed by atoms with E-state index < -0.39 is 11.8 Å². The molecule has 2 aromatic rings. The van der Waals surface area contributed by atoms with Crippen molar-refractivity contribution in [3.05, 3.63) is 52.5 Å². The molecule has 5 nitrogen and oxygen atoms in total. The van der Waals surface area contributed by atoms with Gasteiger partial charge in [0.15, 0.2) is 0 Å². The van der Waals surface area contributed by atoms with Crippen molar-refractivity contribution in [2.45, 2.75) is 0 Å². The fraction of sp³-hybridized carbons (Fsp3) is 0. The summed E-state index contributed by atoms with van der Waals surface area (Å²) < 4.78 is 0. The Bertz CT molecular complexity index is 704. The van der Waals surface area contributed by atoms with Crippen LogP contribution in [0, 0.1) is 0 Å². The van der Waals surface area contributed by atoms with Crippen LogP contribution in [-0.4, -0.2) is 16.9 Å². The van der Waals surface area contributed by atoms with Crippen LogP contribution in [0.15, 0.2) is 42.5 Å². The lowest BCUT2D eigenvalue weighted by Crippen LogP contribution is -2.29. The quantitative estimate of drug-likeness (QED) is 0.586. The van der Waals surface area contributed by atoms with Gasteiger partial charge in [0.05, 0.1) is 16.4 Å². The van der Waals surface area contributed by atoms with Crippen LogP contribution >= 0.6 is 23.2 Å². The maximum Gasteiger partial charge on any atom is 0.314 e. The van der Waals surface area contributed by atoms with Gasteiger partial charge in [-0.25, -0.2) is 0 Å². The second-order valence-corrected chi connectivity index (χ2v) is 4.89. The smallest absolute Gasteiger partial charge is 0.314 e. The average Bonchev–Trinajstić information content (AvgIpc) is 2.45. The molecule has 3 N–H and O–H groups in total. The number of carbonyl (C=O) groups excluding carboxylic acids is 2. The average molecular weight is 325 g/mol. The maximum absolute atomic E-state index is 11.8. The van der Waals surface area contributed by atoms with Gasteiger partial charge in [-0.15, -0.1) is 0 Å². The van der Waals surface area contributed by atoms with Crippen molar-refractivity contribution < 1.29 is 14.7 Å². The third-order valence-corrected chi connectivity index (χ3v) is 3.10. The van der Waals surface area contributed by atoms with Crippen LogP contribution in [0.1, 0.15) is 0 Å². The van der Waals surface area contributed by atoms with Gasteiger partial charge in [-0.1, -0.05) is 35.3 Å². The van der Waals surface area contributed by atoms with Crippen LogP contribution in [0.4, 0.5) is 11.4 Å². The second-order valence-electron chi connectivity index (χ2n) is 4.05. The summed E-state index contributed by atoms with van der Waals surface area (Å²) in [6.45, 7) is 0. The third kappa shape index (κ3) is 3.87. The molecule has 0 unspecified atom stereocenters. The molecule has 21 heavy (non-hydrogen) atoms. The summed E-state index contributed by atoms with van der Waals surface area (Å²) in [6.07, 6.45) is 0. The van der Waals surface area contributed by atoms with E-state index in [9.17, 15) is 14.7 Å². The molecule has 0 radical (unpaired) electrons. The highest BCUT2D eigenvalue weighted by Gasteiger charge is 2.16. The van der Waals surface area contributed by atoms with E-state index in [0.29, 0.717) is 5.02 Å². The lowest BCUT2D eigenvalue weighted by Gasteiger charge is -2.09. The molecule has 108 valence electrons. The number of carbonyl (C=O) groups is 2. The number of anilines is 2. The number of phenols is 1. The Labute approximate surface area is 130 Å². The number of phenolic OH excluding ortho intramolecular Hbond substituents is 1.